The van der Waals surface area contributed by atoms with Crippen LogP contribution in [0.4, 0.5) is 5.95 Å². The minimum atomic E-state index is 0.289. The molecule has 0 bridgehead atoms. The first-order valence-electron chi connectivity index (χ1n) is 8.64. The molecule has 0 unspecified atom stereocenters. The molecule has 0 amide bonds. The fraction of sp³-hybridized carbons (Fsp3) is 0.647. The average Bonchev–Trinajstić information content (AvgIpc) is 2.90. The van der Waals surface area contributed by atoms with Gasteiger partial charge in [0, 0.05) is 39.3 Å². The molecular formula is C17H24ClN5O. The van der Waals surface area contributed by atoms with Crippen molar-refractivity contribution in [3.8, 4) is 0 Å². The molecule has 0 radical (unpaired) electrons. The number of hydrogen-bond acceptors (Lipinski definition) is 5. The number of aromatic nitrogens is 3. The molecule has 2 aromatic rings. The van der Waals surface area contributed by atoms with Gasteiger partial charge in [-0.05, 0) is 5.92 Å². The molecular weight excluding hydrogens is 326 g/mol. The van der Waals surface area contributed by atoms with Crippen LogP contribution in [0.3, 0.4) is 0 Å². The Morgan fingerprint density at radius 2 is 2.08 bits per heavy atom. The van der Waals surface area contributed by atoms with Crippen molar-refractivity contribution in [2.45, 2.75) is 25.8 Å². The Hall–Kier alpha value is -1.37. The average molecular weight is 350 g/mol. The maximum absolute atomic E-state index is 6.24. The summed E-state index contributed by atoms with van der Waals surface area (Å²) in [5, 5.41) is 0.534. The molecule has 2 aliphatic heterocycles. The third kappa shape index (κ3) is 2.66. The summed E-state index contributed by atoms with van der Waals surface area (Å²) >= 11 is 6.24. The van der Waals surface area contributed by atoms with Crippen molar-refractivity contribution in [3.63, 3.8) is 0 Å². The van der Waals surface area contributed by atoms with Gasteiger partial charge in [0.25, 0.3) is 0 Å². The van der Waals surface area contributed by atoms with Crippen LogP contribution in [0.15, 0.2) is 6.07 Å². The lowest BCUT2D eigenvalue weighted by Gasteiger charge is -2.43. The number of ether oxygens (including phenoxy) is 1. The van der Waals surface area contributed by atoms with E-state index >= 15 is 0 Å². The van der Waals surface area contributed by atoms with Gasteiger partial charge in [0.15, 0.2) is 0 Å². The van der Waals surface area contributed by atoms with Gasteiger partial charge >= 0.3 is 0 Å². The van der Waals surface area contributed by atoms with Crippen molar-refractivity contribution in [3.05, 3.63) is 16.9 Å². The zero-order valence-electron chi connectivity index (χ0n) is 14.5. The number of pyridine rings is 1. The number of fused-ring (bicyclic) bond motifs is 2. The van der Waals surface area contributed by atoms with E-state index in [0.29, 0.717) is 11.2 Å². The second-order valence-corrected chi connectivity index (χ2v) is 7.42. The number of aryl methyl sites for hydroxylation is 1. The number of halogens is 1. The fourth-order valence-electron chi connectivity index (χ4n) is 3.78. The van der Waals surface area contributed by atoms with Crippen molar-refractivity contribution >= 4 is 28.6 Å². The van der Waals surface area contributed by atoms with Crippen LogP contribution in [0.5, 0.6) is 0 Å². The molecule has 0 spiro atoms. The van der Waals surface area contributed by atoms with Gasteiger partial charge in [-0.1, -0.05) is 25.4 Å². The van der Waals surface area contributed by atoms with Gasteiger partial charge in [0.2, 0.25) is 5.95 Å². The highest BCUT2D eigenvalue weighted by Gasteiger charge is 2.31. The molecule has 2 aromatic heterocycles. The standard InChI is InChI=1S/C17H24ClN5O/c1-11(2)15-16-13(8-14(18)19-15)21(3)17(20-16)23-5-4-22-6-7-24-10-12(22)9-23/h8,11-12H,4-7,9-10H2,1-3H3/t12-/m1/s1. The van der Waals surface area contributed by atoms with Crippen LogP contribution in [-0.2, 0) is 11.8 Å². The molecule has 2 aliphatic rings. The summed E-state index contributed by atoms with van der Waals surface area (Å²) in [6, 6.07) is 2.37. The van der Waals surface area contributed by atoms with E-state index in [2.05, 4.69) is 40.2 Å². The second-order valence-electron chi connectivity index (χ2n) is 7.03. The summed E-state index contributed by atoms with van der Waals surface area (Å²) in [7, 11) is 2.06. The van der Waals surface area contributed by atoms with E-state index in [4.69, 9.17) is 21.3 Å². The predicted molar refractivity (Wildman–Crippen MR) is 96.0 cm³/mol. The van der Waals surface area contributed by atoms with Crippen LogP contribution in [0, 0.1) is 0 Å². The second kappa shape index (κ2) is 6.17. The van der Waals surface area contributed by atoms with Crippen molar-refractivity contribution < 1.29 is 4.74 Å². The zero-order chi connectivity index (χ0) is 16.8. The van der Waals surface area contributed by atoms with Gasteiger partial charge in [-0.25, -0.2) is 9.97 Å². The predicted octanol–water partition coefficient (Wildman–Crippen LogP) is 2.27. The first-order valence-corrected chi connectivity index (χ1v) is 9.02. The summed E-state index contributed by atoms with van der Waals surface area (Å²) in [4.78, 5) is 14.4. The normalized spacial score (nSPS) is 22.4. The van der Waals surface area contributed by atoms with Gasteiger partial charge < -0.3 is 14.2 Å². The summed E-state index contributed by atoms with van der Waals surface area (Å²) in [5.74, 6) is 1.29. The Kier molecular flexibility index (Phi) is 4.14. The van der Waals surface area contributed by atoms with E-state index < -0.39 is 0 Å². The van der Waals surface area contributed by atoms with E-state index in [1.165, 1.54) is 0 Å². The smallest absolute Gasteiger partial charge is 0.206 e. The van der Waals surface area contributed by atoms with Crippen molar-refractivity contribution in [1.29, 1.82) is 0 Å². The van der Waals surface area contributed by atoms with Gasteiger partial charge in [-0.2, -0.15) is 0 Å². The van der Waals surface area contributed by atoms with Gasteiger partial charge in [-0.15, -0.1) is 0 Å². The number of hydrogen-bond donors (Lipinski definition) is 0. The molecule has 0 N–H and O–H groups in total. The highest BCUT2D eigenvalue weighted by molar-refractivity contribution is 6.30. The summed E-state index contributed by atoms with van der Waals surface area (Å²) in [6.07, 6.45) is 0. The van der Waals surface area contributed by atoms with Crippen LogP contribution < -0.4 is 4.90 Å². The molecule has 7 heteroatoms. The van der Waals surface area contributed by atoms with Crippen LogP contribution in [0.25, 0.3) is 11.0 Å². The Morgan fingerprint density at radius 3 is 2.88 bits per heavy atom. The van der Waals surface area contributed by atoms with Gasteiger partial charge in [0.1, 0.15) is 10.7 Å². The first kappa shape index (κ1) is 16.1. The number of nitrogens with zero attached hydrogens (tertiary/aromatic N) is 5. The van der Waals surface area contributed by atoms with Crippen molar-refractivity contribution in [2.24, 2.45) is 7.05 Å². The van der Waals surface area contributed by atoms with Gasteiger partial charge in [-0.3, -0.25) is 4.90 Å². The lowest BCUT2D eigenvalue weighted by molar-refractivity contribution is -0.0119. The summed E-state index contributed by atoms with van der Waals surface area (Å²) < 4.78 is 7.80. The molecule has 6 nitrogen and oxygen atoms in total. The Morgan fingerprint density at radius 1 is 1.25 bits per heavy atom. The quantitative estimate of drug-likeness (QED) is 0.778. The molecule has 2 fully saturated rings. The number of piperazine rings is 1. The first-order chi connectivity index (χ1) is 11.5. The lowest BCUT2D eigenvalue weighted by atomic mass is 10.1. The molecule has 2 saturated heterocycles. The van der Waals surface area contributed by atoms with E-state index in [-0.39, 0.29) is 5.92 Å². The molecule has 1 atom stereocenters. The lowest BCUT2D eigenvalue weighted by Crippen LogP contribution is -2.58. The third-order valence-corrected chi connectivity index (χ3v) is 5.30. The van der Waals surface area contributed by atoms with Gasteiger partial charge in [0.05, 0.1) is 30.5 Å². The molecule has 24 heavy (non-hydrogen) atoms. The van der Waals surface area contributed by atoms with E-state index in [9.17, 15) is 0 Å². The largest absolute Gasteiger partial charge is 0.378 e. The Labute approximate surface area is 147 Å². The topological polar surface area (TPSA) is 46.4 Å². The van der Waals surface area contributed by atoms with E-state index in [1.807, 2.05) is 6.07 Å². The fourth-order valence-corrected chi connectivity index (χ4v) is 3.97. The maximum atomic E-state index is 6.24. The molecule has 0 aromatic carbocycles. The summed E-state index contributed by atoms with van der Waals surface area (Å²) in [5.41, 5.74) is 2.99. The van der Waals surface area contributed by atoms with Crippen molar-refractivity contribution in [2.75, 3.05) is 44.3 Å². The monoisotopic (exact) mass is 349 g/mol. The third-order valence-electron chi connectivity index (χ3n) is 5.11. The van der Waals surface area contributed by atoms with E-state index in [1.54, 1.807) is 0 Å². The SMILES string of the molecule is CC(C)c1nc(Cl)cc2c1nc(N1CCN3CCOC[C@H]3C1)n2C. The Bertz CT molecular complexity index is 759. The van der Waals surface area contributed by atoms with Crippen LogP contribution in [0.2, 0.25) is 5.15 Å². The van der Waals surface area contributed by atoms with Crippen LogP contribution >= 0.6 is 11.6 Å². The highest BCUT2D eigenvalue weighted by atomic mass is 35.5. The maximum Gasteiger partial charge on any atom is 0.206 e. The summed E-state index contributed by atoms with van der Waals surface area (Å²) in [6.45, 7) is 9.97. The Balaban J connectivity index is 1.72. The number of imidazole rings is 1. The number of morpholine rings is 1. The molecule has 0 saturated carbocycles. The molecule has 130 valence electrons. The minimum Gasteiger partial charge on any atom is -0.378 e. The van der Waals surface area contributed by atoms with Crippen LogP contribution in [-0.4, -0.2) is 64.9 Å². The molecule has 4 rings (SSSR count). The minimum absolute atomic E-state index is 0.289. The van der Waals surface area contributed by atoms with Crippen LogP contribution in [0.1, 0.15) is 25.5 Å². The number of anilines is 1. The van der Waals surface area contributed by atoms with Crippen molar-refractivity contribution in [1.82, 2.24) is 19.4 Å². The molecule has 0 aliphatic carbocycles. The van der Waals surface area contributed by atoms with E-state index in [0.717, 1.165) is 62.1 Å². The number of rotatable bonds is 2. The highest BCUT2D eigenvalue weighted by Crippen LogP contribution is 2.30. The zero-order valence-corrected chi connectivity index (χ0v) is 15.3. The molecule has 4 heterocycles.